The topological polar surface area (TPSA) is 62.1 Å². The highest BCUT2D eigenvalue weighted by Crippen LogP contribution is 2.27. The van der Waals surface area contributed by atoms with Crippen molar-refractivity contribution in [2.75, 3.05) is 6.61 Å². The summed E-state index contributed by atoms with van der Waals surface area (Å²) in [5, 5.41) is 10.9. The number of ether oxygens (including phenoxy) is 1. The van der Waals surface area contributed by atoms with Gasteiger partial charge in [-0.05, 0) is 12.1 Å². The van der Waals surface area contributed by atoms with Crippen molar-refractivity contribution in [1.82, 2.24) is 5.32 Å². The zero-order valence-electron chi connectivity index (χ0n) is 7.46. The van der Waals surface area contributed by atoms with Gasteiger partial charge in [0.15, 0.2) is 12.8 Å². The summed E-state index contributed by atoms with van der Waals surface area (Å²) in [5.74, 6) is -0.245. The predicted octanol–water partition coefficient (Wildman–Crippen LogP) is 1.97. The van der Waals surface area contributed by atoms with E-state index < -0.39 is 5.91 Å². The quantitative estimate of drug-likeness (QED) is 0.654. The van der Waals surface area contributed by atoms with Crippen LogP contribution in [0.2, 0.25) is 10.0 Å². The molecule has 0 aliphatic heterocycles. The van der Waals surface area contributed by atoms with Gasteiger partial charge in [0.2, 0.25) is 0 Å². The summed E-state index contributed by atoms with van der Waals surface area (Å²) in [4.78, 5) is 10.9. The van der Waals surface area contributed by atoms with E-state index in [2.05, 4.69) is 0 Å². The molecule has 0 spiro atoms. The number of halogens is 2. The minimum Gasteiger partial charge on any atom is -0.482 e. The molecule has 0 aliphatic rings. The Balaban J connectivity index is 2.61. The van der Waals surface area contributed by atoms with Gasteiger partial charge in [-0.1, -0.05) is 23.2 Å². The van der Waals surface area contributed by atoms with Crippen molar-refractivity contribution in [3.05, 3.63) is 28.2 Å². The average Bonchev–Trinajstić information content (AvgIpc) is 2.20. The number of rotatable bonds is 3. The van der Waals surface area contributed by atoms with Crippen molar-refractivity contribution in [3.8, 4) is 11.9 Å². The molecule has 0 atom stereocenters. The molecule has 0 unspecified atom stereocenters. The Morgan fingerprint density at radius 1 is 1.53 bits per heavy atom. The van der Waals surface area contributed by atoms with Crippen LogP contribution in [0.1, 0.15) is 0 Å². The van der Waals surface area contributed by atoms with E-state index in [1.54, 1.807) is 12.1 Å². The summed E-state index contributed by atoms with van der Waals surface area (Å²) in [5.41, 5.74) is 0. The molecule has 4 nitrogen and oxygen atoms in total. The number of hydrogen-bond acceptors (Lipinski definition) is 3. The summed E-state index contributed by atoms with van der Waals surface area (Å²) in [6, 6.07) is 4.65. The van der Waals surface area contributed by atoms with E-state index in [1.807, 2.05) is 5.32 Å². The van der Waals surface area contributed by atoms with E-state index in [0.29, 0.717) is 15.8 Å². The van der Waals surface area contributed by atoms with Crippen LogP contribution in [-0.4, -0.2) is 12.5 Å². The molecule has 1 rings (SSSR count). The molecule has 1 N–H and O–H groups in total. The van der Waals surface area contributed by atoms with Crippen molar-refractivity contribution in [2.45, 2.75) is 0 Å². The summed E-state index contributed by atoms with van der Waals surface area (Å²) in [6.45, 7) is -0.284. The molecule has 6 heteroatoms. The van der Waals surface area contributed by atoms with Crippen molar-refractivity contribution < 1.29 is 9.53 Å². The zero-order valence-corrected chi connectivity index (χ0v) is 8.97. The first-order chi connectivity index (χ1) is 7.13. The first kappa shape index (κ1) is 11.6. The van der Waals surface area contributed by atoms with Crippen molar-refractivity contribution >= 4 is 29.1 Å². The van der Waals surface area contributed by atoms with Gasteiger partial charge in [-0.15, -0.1) is 0 Å². The number of carbonyl (C=O) groups is 1. The van der Waals surface area contributed by atoms with Crippen LogP contribution in [0.3, 0.4) is 0 Å². The molecule has 0 heterocycles. The molecule has 1 aromatic rings. The molecule has 0 radical (unpaired) electrons. The van der Waals surface area contributed by atoms with E-state index >= 15 is 0 Å². The van der Waals surface area contributed by atoms with Gasteiger partial charge in [-0.3, -0.25) is 10.1 Å². The minimum atomic E-state index is -0.548. The van der Waals surface area contributed by atoms with Gasteiger partial charge in [-0.25, -0.2) is 0 Å². The van der Waals surface area contributed by atoms with Gasteiger partial charge >= 0.3 is 0 Å². The van der Waals surface area contributed by atoms with E-state index in [0.717, 1.165) is 0 Å². The highest BCUT2D eigenvalue weighted by Gasteiger charge is 2.05. The van der Waals surface area contributed by atoms with Crippen molar-refractivity contribution in [2.24, 2.45) is 0 Å². The lowest BCUT2D eigenvalue weighted by molar-refractivity contribution is -0.121. The van der Waals surface area contributed by atoms with Gasteiger partial charge < -0.3 is 4.74 Å². The van der Waals surface area contributed by atoms with Gasteiger partial charge in [0, 0.05) is 11.1 Å². The number of benzene rings is 1. The highest BCUT2D eigenvalue weighted by molar-refractivity contribution is 6.34. The fourth-order valence-corrected chi connectivity index (χ4v) is 1.16. The maximum absolute atomic E-state index is 10.9. The largest absolute Gasteiger partial charge is 0.482 e. The second-order valence-electron chi connectivity index (χ2n) is 2.52. The normalized spacial score (nSPS) is 9.13. The smallest absolute Gasteiger partial charge is 0.270 e. The zero-order chi connectivity index (χ0) is 11.3. The third-order valence-corrected chi connectivity index (χ3v) is 1.99. The molecule has 15 heavy (non-hydrogen) atoms. The molecule has 1 amide bonds. The first-order valence-corrected chi connectivity index (χ1v) is 4.65. The molecule has 0 aliphatic carbocycles. The molecule has 0 bridgehead atoms. The highest BCUT2D eigenvalue weighted by atomic mass is 35.5. The van der Waals surface area contributed by atoms with Crippen molar-refractivity contribution in [1.29, 1.82) is 5.26 Å². The van der Waals surface area contributed by atoms with Gasteiger partial charge in [0.25, 0.3) is 5.91 Å². The molecule has 0 aromatic heterocycles. The number of carbonyl (C=O) groups excluding carboxylic acids is 1. The standard InChI is InChI=1S/C9H6Cl2N2O2/c10-6-1-2-7(11)8(3-6)15-4-9(14)13-5-12/h1-3H,4H2,(H,13,14). The SMILES string of the molecule is N#CNC(=O)COc1cc(Cl)ccc1Cl. The second kappa shape index (κ2) is 5.44. The summed E-state index contributed by atoms with van der Waals surface area (Å²) >= 11 is 11.5. The van der Waals surface area contributed by atoms with Crippen LogP contribution in [0.25, 0.3) is 0 Å². The Hall–Kier alpha value is -1.44. The van der Waals surface area contributed by atoms with Crippen LogP contribution in [0.15, 0.2) is 18.2 Å². The van der Waals surface area contributed by atoms with Crippen LogP contribution in [0.4, 0.5) is 0 Å². The van der Waals surface area contributed by atoms with Gasteiger partial charge in [0.1, 0.15) is 5.75 Å². The Labute approximate surface area is 96.4 Å². The summed E-state index contributed by atoms with van der Waals surface area (Å²) in [6.07, 6.45) is 1.49. The fourth-order valence-electron chi connectivity index (χ4n) is 0.830. The molecular weight excluding hydrogens is 239 g/mol. The number of hydrogen-bond donors (Lipinski definition) is 1. The molecule has 0 fully saturated rings. The van der Waals surface area contributed by atoms with Crippen molar-refractivity contribution in [3.63, 3.8) is 0 Å². The van der Waals surface area contributed by atoms with Gasteiger partial charge in [0.05, 0.1) is 5.02 Å². The lowest BCUT2D eigenvalue weighted by Gasteiger charge is -2.06. The fraction of sp³-hybridized carbons (Fsp3) is 0.111. The Kier molecular flexibility index (Phi) is 4.22. The average molecular weight is 245 g/mol. The monoisotopic (exact) mass is 244 g/mol. The Morgan fingerprint density at radius 2 is 2.27 bits per heavy atom. The first-order valence-electron chi connectivity index (χ1n) is 3.89. The van der Waals surface area contributed by atoms with Crippen LogP contribution in [0, 0.1) is 11.5 Å². The van der Waals surface area contributed by atoms with Crippen LogP contribution < -0.4 is 10.1 Å². The molecule has 0 saturated carbocycles. The lowest BCUT2D eigenvalue weighted by Crippen LogP contribution is -2.24. The minimum absolute atomic E-state index is 0.284. The molecule has 1 aromatic carbocycles. The van der Waals surface area contributed by atoms with E-state index in [1.165, 1.54) is 12.3 Å². The van der Waals surface area contributed by atoms with E-state index in [4.69, 9.17) is 33.2 Å². The molecule has 78 valence electrons. The maximum Gasteiger partial charge on any atom is 0.270 e. The predicted molar refractivity (Wildman–Crippen MR) is 55.7 cm³/mol. The Bertz CT molecular complexity index is 415. The summed E-state index contributed by atoms with van der Waals surface area (Å²) < 4.78 is 5.05. The lowest BCUT2D eigenvalue weighted by atomic mass is 10.3. The number of nitriles is 1. The van der Waals surface area contributed by atoms with Crippen LogP contribution in [-0.2, 0) is 4.79 Å². The number of nitrogens with one attached hydrogen (secondary N) is 1. The van der Waals surface area contributed by atoms with E-state index in [-0.39, 0.29) is 6.61 Å². The Morgan fingerprint density at radius 3 is 2.93 bits per heavy atom. The van der Waals surface area contributed by atoms with E-state index in [9.17, 15) is 4.79 Å². The number of amides is 1. The molecular formula is C9H6Cl2N2O2. The number of nitrogens with zero attached hydrogens (tertiary/aromatic N) is 1. The third-order valence-electron chi connectivity index (χ3n) is 1.45. The summed E-state index contributed by atoms with van der Waals surface area (Å²) in [7, 11) is 0. The maximum atomic E-state index is 10.9. The second-order valence-corrected chi connectivity index (χ2v) is 3.37. The van der Waals surface area contributed by atoms with Gasteiger partial charge in [-0.2, -0.15) is 5.26 Å². The van der Waals surface area contributed by atoms with Crippen LogP contribution >= 0.6 is 23.2 Å². The third kappa shape index (κ3) is 3.66. The van der Waals surface area contributed by atoms with Crippen LogP contribution in [0.5, 0.6) is 5.75 Å². The molecule has 0 saturated heterocycles.